The number of thioether (sulfide) groups is 1. The van der Waals surface area contributed by atoms with Gasteiger partial charge in [-0.3, -0.25) is 10.2 Å². The first-order valence-electron chi connectivity index (χ1n) is 4.83. The molecule has 5 nitrogen and oxygen atoms in total. The predicted molar refractivity (Wildman–Crippen MR) is 66.8 cm³/mol. The lowest BCUT2D eigenvalue weighted by molar-refractivity contribution is 0.0923. The summed E-state index contributed by atoms with van der Waals surface area (Å²) in [5.74, 6) is 6.30. The number of rotatable bonds is 4. The van der Waals surface area contributed by atoms with Crippen molar-refractivity contribution in [2.24, 2.45) is 5.84 Å². The predicted octanol–water partition coefficient (Wildman–Crippen LogP) is 1.94. The van der Waals surface area contributed by atoms with E-state index in [1.807, 2.05) is 18.4 Å². The highest BCUT2D eigenvalue weighted by molar-refractivity contribution is 8.00. The molecule has 0 aliphatic heterocycles. The van der Waals surface area contributed by atoms with E-state index in [0.29, 0.717) is 5.75 Å². The van der Waals surface area contributed by atoms with Crippen molar-refractivity contribution >= 4 is 29.0 Å². The maximum absolute atomic E-state index is 11.3. The van der Waals surface area contributed by atoms with Crippen LogP contribution in [0, 0.1) is 6.92 Å². The van der Waals surface area contributed by atoms with Crippen LogP contribution < -0.4 is 11.3 Å². The van der Waals surface area contributed by atoms with Crippen molar-refractivity contribution in [2.75, 3.05) is 0 Å². The molecule has 3 N–H and O–H groups in total. The molecule has 7 heteroatoms. The van der Waals surface area contributed by atoms with Crippen LogP contribution in [0.5, 0.6) is 0 Å². The normalized spacial score (nSPS) is 10.5. The van der Waals surface area contributed by atoms with Crippen LogP contribution in [0.1, 0.15) is 21.9 Å². The maximum atomic E-state index is 11.3. The lowest BCUT2D eigenvalue weighted by Gasteiger charge is -1.96. The van der Waals surface area contributed by atoms with Crippen LogP contribution >= 0.6 is 23.1 Å². The quantitative estimate of drug-likeness (QED) is 0.384. The standard InChI is InChI=1S/C10H11N3O2S2/c1-6-4-7(15-8(6)9(14)13-11)5-17-10-12-2-3-16-10/h2-4H,5,11H2,1H3,(H,13,14). The molecular formula is C10H11N3O2S2. The van der Waals surface area contributed by atoms with E-state index in [2.05, 4.69) is 10.4 Å². The fraction of sp³-hybridized carbons (Fsp3) is 0.200. The number of thiazole rings is 1. The van der Waals surface area contributed by atoms with Crippen molar-refractivity contribution in [1.82, 2.24) is 10.4 Å². The number of hydrogen-bond donors (Lipinski definition) is 2. The summed E-state index contributed by atoms with van der Waals surface area (Å²) < 4.78 is 6.41. The number of furan rings is 1. The third-order valence-electron chi connectivity index (χ3n) is 2.05. The van der Waals surface area contributed by atoms with E-state index in [0.717, 1.165) is 15.7 Å². The Morgan fingerprint density at radius 1 is 1.71 bits per heavy atom. The van der Waals surface area contributed by atoms with Crippen LogP contribution in [0.2, 0.25) is 0 Å². The summed E-state index contributed by atoms with van der Waals surface area (Å²) in [4.78, 5) is 15.5. The molecule has 2 aromatic rings. The molecule has 0 atom stereocenters. The maximum Gasteiger partial charge on any atom is 0.301 e. The molecule has 0 unspecified atom stereocenters. The Hall–Kier alpha value is -1.31. The summed E-state index contributed by atoms with van der Waals surface area (Å²) in [5.41, 5.74) is 2.84. The molecule has 90 valence electrons. The smallest absolute Gasteiger partial charge is 0.301 e. The number of aryl methyl sites for hydroxylation is 1. The molecule has 0 aliphatic rings. The number of aromatic nitrogens is 1. The Kier molecular flexibility index (Phi) is 3.82. The molecule has 0 bridgehead atoms. The first-order valence-corrected chi connectivity index (χ1v) is 6.69. The van der Waals surface area contributed by atoms with Gasteiger partial charge in [-0.25, -0.2) is 10.8 Å². The monoisotopic (exact) mass is 269 g/mol. The number of hydrogen-bond acceptors (Lipinski definition) is 6. The molecule has 0 aromatic carbocycles. The average molecular weight is 269 g/mol. The lowest BCUT2D eigenvalue weighted by Crippen LogP contribution is -2.30. The molecule has 2 heterocycles. The first kappa shape index (κ1) is 12.2. The van der Waals surface area contributed by atoms with Crippen LogP contribution in [-0.2, 0) is 5.75 Å². The second-order valence-corrected chi connectivity index (χ2v) is 5.40. The molecule has 0 saturated heterocycles. The minimum Gasteiger partial charge on any atom is -0.455 e. The summed E-state index contributed by atoms with van der Waals surface area (Å²) in [7, 11) is 0. The lowest BCUT2D eigenvalue weighted by atomic mass is 10.2. The number of amides is 1. The Morgan fingerprint density at radius 2 is 2.53 bits per heavy atom. The highest BCUT2D eigenvalue weighted by Gasteiger charge is 2.14. The Balaban J connectivity index is 2.05. The minimum atomic E-state index is -0.409. The molecular weight excluding hydrogens is 258 g/mol. The minimum absolute atomic E-state index is 0.266. The van der Waals surface area contributed by atoms with Crippen LogP contribution in [0.25, 0.3) is 0 Å². The van der Waals surface area contributed by atoms with E-state index in [4.69, 9.17) is 10.3 Å². The van der Waals surface area contributed by atoms with E-state index >= 15 is 0 Å². The van der Waals surface area contributed by atoms with Gasteiger partial charge in [-0.1, -0.05) is 11.8 Å². The van der Waals surface area contributed by atoms with E-state index in [9.17, 15) is 4.79 Å². The number of nitrogens with one attached hydrogen (secondary N) is 1. The van der Waals surface area contributed by atoms with Gasteiger partial charge in [0.05, 0.1) is 5.75 Å². The van der Waals surface area contributed by atoms with Gasteiger partial charge in [-0.05, 0) is 13.0 Å². The molecule has 0 spiro atoms. The Bertz CT molecular complexity index is 508. The molecule has 0 saturated carbocycles. The average Bonchev–Trinajstić information content (AvgIpc) is 2.94. The van der Waals surface area contributed by atoms with Gasteiger partial charge >= 0.3 is 5.91 Å². The van der Waals surface area contributed by atoms with Gasteiger partial charge in [0.2, 0.25) is 0 Å². The molecule has 2 aromatic heterocycles. The van der Waals surface area contributed by atoms with Crippen molar-refractivity contribution < 1.29 is 9.21 Å². The fourth-order valence-electron chi connectivity index (χ4n) is 1.32. The number of nitrogens with zero attached hydrogens (tertiary/aromatic N) is 1. The summed E-state index contributed by atoms with van der Waals surface area (Å²) in [6.07, 6.45) is 1.76. The van der Waals surface area contributed by atoms with Crippen molar-refractivity contribution in [2.45, 2.75) is 17.0 Å². The summed E-state index contributed by atoms with van der Waals surface area (Å²) in [5, 5.41) is 1.92. The number of nitrogen functional groups attached to an aromatic ring is 1. The highest BCUT2D eigenvalue weighted by Crippen LogP contribution is 2.26. The highest BCUT2D eigenvalue weighted by atomic mass is 32.2. The zero-order chi connectivity index (χ0) is 12.3. The molecule has 0 aliphatic carbocycles. The number of carbonyl (C=O) groups is 1. The van der Waals surface area contributed by atoms with Gasteiger partial charge in [-0.15, -0.1) is 11.3 Å². The van der Waals surface area contributed by atoms with Gasteiger partial charge in [0, 0.05) is 17.1 Å². The van der Waals surface area contributed by atoms with Crippen LogP contribution in [0.4, 0.5) is 0 Å². The zero-order valence-corrected chi connectivity index (χ0v) is 10.7. The number of nitrogens with two attached hydrogens (primary N) is 1. The fourth-order valence-corrected chi connectivity index (χ4v) is 2.84. The van der Waals surface area contributed by atoms with Crippen molar-refractivity contribution in [3.05, 3.63) is 34.7 Å². The van der Waals surface area contributed by atoms with Gasteiger partial charge in [-0.2, -0.15) is 0 Å². The topological polar surface area (TPSA) is 81.2 Å². The number of carbonyl (C=O) groups excluding carboxylic acids is 1. The van der Waals surface area contributed by atoms with E-state index in [-0.39, 0.29) is 5.76 Å². The Labute approximate surface area is 106 Å². The van der Waals surface area contributed by atoms with E-state index < -0.39 is 5.91 Å². The summed E-state index contributed by atoms with van der Waals surface area (Å²) in [6, 6.07) is 1.84. The molecule has 0 fully saturated rings. The molecule has 0 radical (unpaired) electrons. The Morgan fingerprint density at radius 3 is 3.18 bits per heavy atom. The second kappa shape index (κ2) is 5.35. The van der Waals surface area contributed by atoms with Crippen molar-refractivity contribution in [3.8, 4) is 0 Å². The van der Waals surface area contributed by atoms with Crippen molar-refractivity contribution in [1.29, 1.82) is 0 Å². The van der Waals surface area contributed by atoms with Crippen LogP contribution in [0.3, 0.4) is 0 Å². The van der Waals surface area contributed by atoms with Gasteiger partial charge in [0.1, 0.15) is 10.1 Å². The largest absolute Gasteiger partial charge is 0.455 e. The number of hydrazine groups is 1. The molecule has 1 amide bonds. The van der Waals surface area contributed by atoms with Crippen LogP contribution in [-0.4, -0.2) is 10.9 Å². The molecule has 2 rings (SSSR count). The second-order valence-electron chi connectivity index (χ2n) is 3.28. The summed E-state index contributed by atoms with van der Waals surface area (Å²) in [6.45, 7) is 1.81. The van der Waals surface area contributed by atoms with E-state index in [1.165, 1.54) is 0 Å². The molecule has 17 heavy (non-hydrogen) atoms. The SMILES string of the molecule is Cc1cc(CSc2nccs2)oc1C(=O)NN. The van der Waals surface area contributed by atoms with Crippen molar-refractivity contribution in [3.63, 3.8) is 0 Å². The van der Waals surface area contributed by atoms with Crippen LogP contribution in [0.15, 0.2) is 26.4 Å². The van der Waals surface area contributed by atoms with Gasteiger partial charge < -0.3 is 4.42 Å². The van der Waals surface area contributed by atoms with E-state index in [1.54, 1.807) is 29.3 Å². The third-order valence-corrected chi connectivity index (χ3v) is 4.04. The van der Waals surface area contributed by atoms with Gasteiger partial charge in [0.25, 0.3) is 0 Å². The summed E-state index contributed by atoms with van der Waals surface area (Å²) >= 11 is 3.15. The van der Waals surface area contributed by atoms with Gasteiger partial charge in [0.15, 0.2) is 5.76 Å². The zero-order valence-electron chi connectivity index (χ0n) is 9.10. The first-order chi connectivity index (χ1) is 8.20. The third kappa shape index (κ3) is 2.87.